The highest BCUT2D eigenvalue weighted by molar-refractivity contribution is 6.30. The fourth-order valence-electron chi connectivity index (χ4n) is 3.98. The van der Waals surface area contributed by atoms with E-state index in [0.717, 1.165) is 29.7 Å². The molecule has 33 heavy (non-hydrogen) atoms. The predicted octanol–water partition coefficient (Wildman–Crippen LogP) is 5.52. The second-order valence-electron chi connectivity index (χ2n) is 9.10. The first-order valence-electron chi connectivity index (χ1n) is 10.8. The van der Waals surface area contributed by atoms with Crippen molar-refractivity contribution in [3.63, 3.8) is 0 Å². The van der Waals surface area contributed by atoms with E-state index in [9.17, 15) is 4.79 Å². The second kappa shape index (κ2) is 9.08. The third-order valence-electron chi connectivity index (χ3n) is 5.61. The van der Waals surface area contributed by atoms with Crippen LogP contribution in [0.25, 0.3) is 0 Å². The maximum atomic E-state index is 13.4. The van der Waals surface area contributed by atoms with E-state index in [-0.39, 0.29) is 6.10 Å². The van der Waals surface area contributed by atoms with Crippen LogP contribution in [0.2, 0.25) is 5.02 Å². The molecule has 1 aliphatic carbocycles. The van der Waals surface area contributed by atoms with Crippen molar-refractivity contribution in [2.24, 2.45) is 7.05 Å². The van der Waals surface area contributed by atoms with Crippen LogP contribution in [0.1, 0.15) is 60.5 Å². The van der Waals surface area contributed by atoms with Crippen molar-refractivity contribution in [3.8, 4) is 17.4 Å². The molecule has 0 radical (unpaired) electrons. The third-order valence-corrected chi connectivity index (χ3v) is 5.84. The summed E-state index contributed by atoms with van der Waals surface area (Å²) in [5.41, 5.74) is 5.41. The van der Waals surface area contributed by atoms with Gasteiger partial charge in [0.1, 0.15) is 23.2 Å². The van der Waals surface area contributed by atoms with Gasteiger partial charge in [-0.15, -0.1) is 0 Å². The van der Waals surface area contributed by atoms with Gasteiger partial charge in [-0.25, -0.2) is 10.2 Å². The Hall–Kier alpha value is -3.03. The maximum Gasteiger partial charge on any atom is 0.282 e. The van der Waals surface area contributed by atoms with Crippen LogP contribution in [-0.4, -0.2) is 22.8 Å². The summed E-state index contributed by atoms with van der Waals surface area (Å²) in [4.78, 5) is 19.2. The molecule has 1 amide bonds. The van der Waals surface area contributed by atoms with Gasteiger partial charge in [0, 0.05) is 17.5 Å². The van der Waals surface area contributed by atoms with Gasteiger partial charge in [0.25, 0.3) is 5.91 Å². The molecule has 0 fully saturated rings. The Balaban J connectivity index is 1.59. The average molecular weight is 470 g/mol. The highest BCUT2D eigenvalue weighted by atomic mass is 35.5. The highest BCUT2D eigenvalue weighted by Gasteiger charge is 2.33. The number of methoxy groups -OCH3 is 1. The normalized spacial score (nSPS) is 15.3. The Labute approximate surface area is 198 Å². The van der Waals surface area contributed by atoms with Gasteiger partial charge < -0.3 is 9.47 Å². The van der Waals surface area contributed by atoms with Gasteiger partial charge in [0.05, 0.1) is 12.8 Å². The van der Waals surface area contributed by atoms with Crippen LogP contribution in [-0.2, 0) is 23.7 Å². The summed E-state index contributed by atoms with van der Waals surface area (Å²) >= 11 is 6.10. The van der Waals surface area contributed by atoms with Gasteiger partial charge in [-0.05, 0) is 54.3 Å². The van der Waals surface area contributed by atoms with Crippen molar-refractivity contribution >= 4 is 17.5 Å². The third kappa shape index (κ3) is 4.84. The van der Waals surface area contributed by atoms with Gasteiger partial charge >= 0.3 is 0 Å². The fourth-order valence-corrected chi connectivity index (χ4v) is 4.16. The molecule has 0 aliphatic heterocycles. The number of nitrogens with one attached hydrogen (secondary N) is 1. The van der Waals surface area contributed by atoms with E-state index in [1.54, 1.807) is 43.1 Å². The summed E-state index contributed by atoms with van der Waals surface area (Å²) in [7, 11) is 3.39. The van der Waals surface area contributed by atoms with E-state index in [0.29, 0.717) is 27.9 Å². The summed E-state index contributed by atoms with van der Waals surface area (Å²) in [5.74, 6) is 1.23. The van der Waals surface area contributed by atoms with Crippen LogP contribution in [0, 0.1) is 0 Å². The molecule has 0 saturated carbocycles. The van der Waals surface area contributed by atoms with Crippen LogP contribution in [0.4, 0.5) is 0 Å². The number of halogens is 1. The lowest BCUT2D eigenvalue weighted by atomic mass is 9.89. The molecular weight excluding hydrogens is 442 g/mol. The number of benzene rings is 2. The predicted molar refractivity (Wildman–Crippen MR) is 126 cm³/mol. The van der Waals surface area contributed by atoms with Gasteiger partial charge in [-0.1, -0.05) is 44.5 Å². The Kier molecular flexibility index (Phi) is 6.36. The zero-order chi connectivity index (χ0) is 23.8. The van der Waals surface area contributed by atoms with Crippen molar-refractivity contribution in [1.29, 1.82) is 0 Å². The molecule has 0 saturated heterocycles. The molecule has 0 spiro atoms. The molecule has 0 bridgehead atoms. The summed E-state index contributed by atoms with van der Waals surface area (Å²) in [5, 5.41) is 5.12. The monoisotopic (exact) mass is 469 g/mol. The number of carbonyl (C=O) groups is 1. The molecule has 2 aromatic carbocycles. The minimum atomic E-state index is -0.410. The number of nitrogens with zero attached hydrogens (tertiary/aromatic N) is 2. The van der Waals surface area contributed by atoms with E-state index >= 15 is 0 Å². The topological polar surface area (TPSA) is 74.6 Å². The SMILES string of the molecule is COc1ccc2c(c1)CCC2ONC(=O)c1c(C(C)(C)C)nn(C)c1Oc1cccc(Cl)c1. The molecule has 4 rings (SSSR count). The summed E-state index contributed by atoms with van der Waals surface area (Å²) in [6, 6.07) is 12.9. The quantitative estimate of drug-likeness (QED) is 0.481. The van der Waals surface area contributed by atoms with Crippen LogP contribution in [0.15, 0.2) is 42.5 Å². The largest absolute Gasteiger partial charge is 0.497 e. The lowest BCUT2D eigenvalue weighted by molar-refractivity contribution is -0.0166. The summed E-state index contributed by atoms with van der Waals surface area (Å²) in [6.45, 7) is 5.99. The smallest absolute Gasteiger partial charge is 0.282 e. The van der Waals surface area contributed by atoms with E-state index in [1.165, 1.54) is 0 Å². The number of aryl methyl sites for hydroxylation is 2. The molecule has 1 unspecified atom stereocenters. The second-order valence-corrected chi connectivity index (χ2v) is 9.54. The molecule has 3 aromatic rings. The minimum Gasteiger partial charge on any atom is -0.497 e. The van der Waals surface area contributed by atoms with E-state index in [4.69, 9.17) is 25.9 Å². The molecule has 7 nitrogen and oxygen atoms in total. The number of amides is 1. The lowest BCUT2D eigenvalue weighted by Gasteiger charge is -2.18. The number of ether oxygens (including phenoxy) is 2. The Bertz CT molecular complexity index is 1180. The van der Waals surface area contributed by atoms with Gasteiger partial charge in [-0.3, -0.25) is 9.63 Å². The minimum absolute atomic E-state index is 0.234. The van der Waals surface area contributed by atoms with Crippen LogP contribution in [0.5, 0.6) is 17.4 Å². The first kappa shape index (κ1) is 23.1. The standard InChI is InChI=1S/C25H28ClN3O4/c1-25(2,3)22-21(24(29(4)27-22)32-18-8-6-7-16(26)14-18)23(30)28-33-20-12-9-15-13-17(31-5)10-11-19(15)20/h6-8,10-11,13-14,20H,9,12H2,1-5H3,(H,28,30). The molecule has 174 valence electrons. The van der Waals surface area contributed by atoms with Crippen molar-refractivity contribution in [2.45, 2.75) is 45.1 Å². The van der Waals surface area contributed by atoms with Crippen molar-refractivity contribution in [2.75, 3.05) is 7.11 Å². The highest BCUT2D eigenvalue weighted by Crippen LogP contribution is 2.37. The first-order valence-corrected chi connectivity index (χ1v) is 11.2. The van der Waals surface area contributed by atoms with E-state index < -0.39 is 11.3 Å². The Morgan fingerprint density at radius 2 is 1.97 bits per heavy atom. The summed E-state index contributed by atoms with van der Waals surface area (Å²) in [6.07, 6.45) is 1.39. The van der Waals surface area contributed by atoms with Crippen LogP contribution in [0.3, 0.4) is 0 Å². The number of hydrogen-bond donors (Lipinski definition) is 1. The van der Waals surface area contributed by atoms with Crippen molar-refractivity contribution in [3.05, 3.63) is 69.9 Å². The van der Waals surface area contributed by atoms with Crippen LogP contribution >= 0.6 is 11.6 Å². The molecule has 8 heteroatoms. The molecule has 1 aromatic heterocycles. The lowest BCUT2D eigenvalue weighted by Crippen LogP contribution is -2.28. The molecule has 1 N–H and O–H groups in total. The number of aromatic nitrogens is 2. The van der Waals surface area contributed by atoms with Gasteiger partial charge in [0.2, 0.25) is 5.88 Å². The molecular formula is C25H28ClN3O4. The Morgan fingerprint density at radius 1 is 1.18 bits per heavy atom. The Morgan fingerprint density at radius 3 is 2.67 bits per heavy atom. The van der Waals surface area contributed by atoms with E-state index in [1.807, 2.05) is 39.0 Å². The maximum absolute atomic E-state index is 13.4. The number of rotatable bonds is 6. The van der Waals surface area contributed by atoms with Crippen molar-refractivity contribution < 1.29 is 19.1 Å². The van der Waals surface area contributed by atoms with Gasteiger partial charge in [0.15, 0.2) is 0 Å². The number of hydrogen-bond acceptors (Lipinski definition) is 5. The average Bonchev–Trinajstić information content (AvgIpc) is 3.32. The zero-order valence-electron chi connectivity index (χ0n) is 19.4. The molecule has 1 aliphatic rings. The van der Waals surface area contributed by atoms with E-state index in [2.05, 4.69) is 10.6 Å². The van der Waals surface area contributed by atoms with Crippen molar-refractivity contribution in [1.82, 2.24) is 15.3 Å². The number of hydroxylamine groups is 1. The number of fused-ring (bicyclic) bond motifs is 1. The molecule has 1 heterocycles. The fraction of sp³-hybridized carbons (Fsp3) is 0.360. The number of carbonyl (C=O) groups excluding carboxylic acids is 1. The summed E-state index contributed by atoms with van der Waals surface area (Å²) < 4.78 is 12.9. The zero-order valence-corrected chi connectivity index (χ0v) is 20.2. The van der Waals surface area contributed by atoms with Crippen LogP contribution < -0.4 is 15.0 Å². The molecule has 1 atom stereocenters. The first-order chi connectivity index (χ1) is 15.7. The van der Waals surface area contributed by atoms with Gasteiger partial charge in [-0.2, -0.15) is 5.10 Å².